The van der Waals surface area contributed by atoms with Gasteiger partial charge in [-0.15, -0.1) is 0 Å². The number of hydrogen-bond donors (Lipinski definition) is 4. The third-order valence-corrected chi connectivity index (χ3v) is 3.04. The summed E-state index contributed by atoms with van der Waals surface area (Å²) in [6.45, 7) is 2.05. The summed E-state index contributed by atoms with van der Waals surface area (Å²) in [6, 6.07) is 5.72. The van der Waals surface area contributed by atoms with Crippen molar-refractivity contribution in [1.29, 1.82) is 5.41 Å². The average Bonchev–Trinajstić information content (AvgIpc) is 2.16. The van der Waals surface area contributed by atoms with E-state index in [0.29, 0.717) is 0 Å². The summed E-state index contributed by atoms with van der Waals surface area (Å²) >= 11 is 1.56. The number of hydrogen-bond acceptors (Lipinski definition) is 4. The third-order valence-electron chi connectivity index (χ3n) is 2.01. The molecule has 1 heterocycles. The molecule has 74 valence electrons. The van der Waals surface area contributed by atoms with E-state index in [1.165, 1.54) is 0 Å². The molecule has 0 spiro atoms. The Hall–Kier alpha value is -1.20. The Labute approximate surface area is 86.9 Å². The lowest BCUT2D eigenvalue weighted by molar-refractivity contribution is 0.772. The second-order valence-corrected chi connectivity index (χ2v) is 4.09. The van der Waals surface area contributed by atoms with E-state index in [1.807, 2.05) is 18.2 Å². The average molecular weight is 208 g/mol. The molecule has 0 radical (unpaired) electrons. The van der Waals surface area contributed by atoms with Crippen LogP contribution in [0.5, 0.6) is 0 Å². The summed E-state index contributed by atoms with van der Waals surface area (Å²) in [5, 5.41) is 10.6. The zero-order valence-corrected chi connectivity index (χ0v) is 8.61. The molecule has 14 heavy (non-hydrogen) atoms. The van der Waals surface area contributed by atoms with Crippen LogP contribution in [0, 0.1) is 5.41 Å². The van der Waals surface area contributed by atoms with Crippen molar-refractivity contribution in [1.82, 2.24) is 4.72 Å². The van der Waals surface area contributed by atoms with Crippen LogP contribution in [0.1, 0.15) is 12.5 Å². The Balaban J connectivity index is 2.36. The first kappa shape index (κ1) is 9.36. The van der Waals surface area contributed by atoms with E-state index < -0.39 is 0 Å². The summed E-state index contributed by atoms with van der Waals surface area (Å²) in [4.78, 5) is 1.08. The summed E-state index contributed by atoms with van der Waals surface area (Å²) < 4.78 is 3.20. The van der Waals surface area contributed by atoms with Gasteiger partial charge in [-0.25, -0.2) is 4.72 Å². The molecule has 0 amide bonds. The molecule has 0 aliphatic carbocycles. The van der Waals surface area contributed by atoms with Crippen molar-refractivity contribution in [3.63, 3.8) is 0 Å². The zero-order valence-electron chi connectivity index (χ0n) is 7.79. The standard InChI is InChI=1S/C9H12N4S/c1-5-12-7-3-2-6(9(10)11)4-8(7)14-13-5/h2-5,12-13H,1H3,(H3,10,11). The maximum atomic E-state index is 7.32. The first-order valence-electron chi connectivity index (χ1n) is 4.34. The Morgan fingerprint density at radius 1 is 1.57 bits per heavy atom. The minimum absolute atomic E-state index is 0.104. The van der Waals surface area contributed by atoms with E-state index in [4.69, 9.17) is 11.1 Å². The monoisotopic (exact) mass is 208 g/mol. The molecule has 1 aromatic carbocycles. The van der Waals surface area contributed by atoms with Crippen LogP contribution in [0.25, 0.3) is 0 Å². The van der Waals surface area contributed by atoms with Gasteiger partial charge in [0.25, 0.3) is 0 Å². The van der Waals surface area contributed by atoms with Crippen molar-refractivity contribution in [2.45, 2.75) is 18.0 Å². The van der Waals surface area contributed by atoms with Crippen LogP contribution in [-0.2, 0) is 0 Å². The molecule has 1 aromatic rings. The van der Waals surface area contributed by atoms with Gasteiger partial charge >= 0.3 is 0 Å². The van der Waals surface area contributed by atoms with E-state index in [9.17, 15) is 0 Å². The van der Waals surface area contributed by atoms with Crippen LogP contribution >= 0.6 is 11.9 Å². The molecule has 1 unspecified atom stereocenters. The lowest BCUT2D eigenvalue weighted by atomic mass is 10.2. The van der Waals surface area contributed by atoms with Crippen molar-refractivity contribution >= 4 is 23.5 Å². The topological polar surface area (TPSA) is 73.9 Å². The van der Waals surface area contributed by atoms with E-state index in [0.717, 1.165) is 16.1 Å². The highest BCUT2D eigenvalue weighted by Gasteiger charge is 2.14. The van der Waals surface area contributed by atoms with E-state index in [2.05, 4.69) is 17.0 Å². The molecule has 1 aliphatic heterocycles. The van der Waals surface area contributed by atoms with Crippen molar-refractivity contribution in [3.05, 3.63) is 23.8 Å². The van der Waals surface area contributed by atoms with E-state index in [-0.39, 0.29) is 12.0 Å². The van der Waals surface area contributed by atoms with Crippen molar-refractivity contribution in [2.24, 2.45) is 5.73 Å². The Kier molecular flexibility index (Phi) is 2.35. The van der Waals surface area contributed by atoms with E-state index >= 15 is 0 Å². The largest absolute Gasteiger partial charge is 0.384 e. The van der Waals surface area contributed by atoms with Gasteiger partial charge < -0.3 is 11.1 Å². The Morgan fingerprint density at radius 2 is 2.36 bits per heavy atom. The summed E-state index contributed by atoms with van der Waals surface area (Å²) in [5.74, 6) is 0.104. The van der Waals surface area contributed by atoms with Crippen molar-refractivity contribution < 1.29 is 0 Å². The van der Waals surface area contributed by atoms with Gasteiger partial charge in [0.1, 0.15) is 5.84 Å². The molecule has 4 nitrogen and oxygen atoms in total. The molecule has 0 fully saturated rings. The molecule has 1 atom stereocenters. The van der Waals surface area contributed by atoms with Crippen LogP contribution in [0.2, 0.25) is 0 Å². The predicted octanol–water partition coefficient (Wildman–Crippen LogP) is 1.34. The maximum absolute atomic E-state index is 7.32. The highest BCUT2D eigenvalue weighted by Crippen LogP contribution is 2.30. The lowest BCUT2D eigenvalue weighted by Gasteiger charge is -2.24. The zero-order chi connectivity index (χ0) is 10.1. The predicted molar refractivity (Wildman–Crippen MR) is 59.5 cm³/mol. The molecule has 2 rings (SSSR count). The fourth-order valence-electron chi connectivity index (χ4n) is 1.31. The minimum Gasteiger partial charge on any atom is -0.384 e. The summed E-state index contributed by atoms with van der Waals surface area (Å²) in [6.07, 6.45) is 0.260. The second-order valence-electron chi connectivity index (χ2n) is 3.21. The fraction of sp³-hybridized carbons (Fsp3) is 0.222. The van der Waals surface area contributed by atoms with E-state index in [1.54, 1.807) is 11.9 Å². The SMILES string of the molecule is CC1NSc2cc(C(=N)N)ccc2N1. The highest BCUT2D eigenvalue weighted by atomic mass is 32.2. The fourth-order valence-corrected chi connectivity index (χ4v) is 2.09. The first-order chi connectivity index (χ1) is 6.66. The number of nitrogen functional groups attached to an aromatic ring is 1. The van der Waals surface area contributed by atoms with Crippen LogP contribution < -0.4 is 15.8 Å². The van der Waals surface area contributed by atoms with Gasteiger partial charge in [0.15, 0.2) is 0 Å². The third kappa shape index (κ3) is 1.69. The van der Waals surface area contributed by atoms with Gasteiger partial charge in [0.05, 0.1) is 11.9 Å². The van der Waals surface area contributed by atoms with Gasteiger partial charge in [0.2, 0.25) is 0 Å². The molecular weight excluding hydrogens is 196 g/mol. The molecular formula is C9H12N4S. The summed E-state index contributed by atoms with van der Waals surface area (Å²) in [5.41, 5.74) is 7.26. The van der Waals surface area contributed by atoms with Gasteiger partial charge in [-0.2, -0.15) is 0 Å². The van der Waals surface area contributed by atoms with Gasteiger partial charge in [-0.05, 0) is 37.1 Å². The molecule has 0 saturated heterocycles. The summed E-state index contributed by atoms with van der Waals surface area (Å²) in [7, 11) is 0. The van der Waals surface area contributed by atoms with Crippen LogP contribution in [-0.4, -0.2) is 12.0 Å². The van der Waals surface area contributed by atoms with Crippen LogP contribution in [0.3, 0.4) is 0 Å². The number of anilines is 1. The Morgan fingerprint density at radius 3 is 3.07 bits per heavy atom. The minimum atomic E-state index is 0.104. The number of rotatable bonds is 1. The lowest BCUT2D eigenvalue weighted by Crippen LogP contribution is -2.31. The number of amidine groups is 1. The van der Waals surface area contributed by atoms with Gasteiger partial charge in [-0.3, -0.25) is 5.41 Å². The normalized spacial score (nSPS) is 19.6. The van der Waals surface area contributed by atoms with Crippen LogP contribution in [0.15, 0.2) is 23.1 Å². The number of nitrogens with two attached hydrogens (primary N) is 1. The van der Waals surface area contributed by atoms with Crippen LogP contribution in [0.4, 0.5) is 5.69 Å². The maximum Gasteiger partial charge on any atom is 0.122 e. The first-order valence-corrected chi connectivity index (χ1v) is 5.16. The second kappa shape index (κ2) is 3.51. The Bertz CT molecular complexity index is 377. The molecule has 0 bridgehead atoms. The smallest absolute Gasteiger partial charge is 0.122 e. The highest BCUT2D eigenvalue weighted by molar-refractivity contribution is 7.97. The van der Waals surface area contributed by atoms with Crippen molar-refractivity contribution in [2.75, 3.05) is 5.32 Å². The quantitative estimate of drug-likeness (QED) is 0.319. The number of benzene rings is 1. The van der Waals surface area contributed by atoms with Gasteiger partial charge in [0, 0.05) is 10.5 Å². The number of fused-ring (bicyclic) bond motifs is 1. The molecule has 5 N–H and O–H groups in total. The molecule has 1 aliphatic rings. The number of nitrogens with one attached hydrogen (secondary N) is 3. The molecule has 0 aromatic heterocycles. The molecule has 5 heteroatoms. The van der Waals surface area contributed by atoms with Gasteiger partial charge in [-0.1, -0.05) is 0 Å². The van der Waals surface area contributed by atoms with Crippen molar-refractivity contribution in [3.8, 4) is 0 Å². The molecule has 0 saturated carbocycles.